The van der Waals surface area contributed by atoms with Crippen LogP contribution >= 0.6 is 0 Å². The van der Waals surface area contributed by atoms with Crippen LogP contribution in [0.2, 0.25) is 0 Å². The minimum absolute atomic E-state index is 0.00124. The number of carbonyl (C=O) groups is 1. The summed E-state index contributed by atoms with van der Waals surface area (Å²) in [5, 5.41) is 2.77. The predicted molar refractivity (Wildman–Crippen MR) is 113 cm³/mol. The topological polar surface area (TPSA) is 140 Å². The lowest BCUT2D eigenvalue weighted by atomic mass is 10.2. The maximum Gasteiger partial charge on any atom is 0.275 e. The van der Waals surface area contributed by atoms with Gasteiger partial charge in [-0.1, -0.05) is 6.07 Å². The van der Waals surface area contributed by atoms with E-state index in [1.807, 2.05) is 18.2 Å². The van der Waals surface area contributed by atoms with Gasteiger partial charge in [0.05, 0.1) is 28.0 Å². The van der Waals surface area contributed by atoms with E-state index in [0.29, 0.717) is 5.69 Å². The van der Waals surface area contributed by atoms with Crippen molar-refractivity contribution in [3.63, 3.8) is 0 Å². The molecular weight excluding hydrogens is 406 g/mol. The number of aryl methyl sites for hydroxylation is 1. The van der Waals surface area contributed by atoms with Crippen molar-refractivity contribution in [1.82, 2.24) is 19.9 Å². The maximum atomic E-state index is 12.7. The summed E-state index contributed by atoms with van der Waals surface area (Å²) in [7, 11) is -3.62. The number of pyridine rings is 1. The van der Waals surface area contributed by atoms with E-state index < -0.39 is 15.4 Å². The van der Waals surface area contributed by atoms with Crippen LogP contribution in [-0.4, -0.2) is 34.6 Å². The minimum atomic E-state index is -3.62. The van der Waals surface area contributed by atoms with Crippen molar-refractivity contribution in [3.05, 3.63) is 52.2 Å². The quantitative estimate of drug-likeness (QED) is 0.514. The van der Waals surface area contributed by atoms with Crippen LogP contribution < -0.4 is 16.6 Å². The third-order valence-electron chi connectivity index (χ3n) is 5.27. The molecule has 1 fully saturated rings. The SMILES string of the molecule is Cc1cc(S(=O)(=O)CC2CC2)c(N)c(=O)n1CC(=O)NCc1ccc2nc[nH]c2c1. The fourth-order valence-corrected chi connectivity index (χ4v) is 5.29. The Kier molecular flexibility index (Phi) is 5.10. The van der Waals surface area contributed by atoms with Crippen LogP contribution in [0.3, 0.4) is 0 Å². The molecule has 158 valence electrons. The van der Waals surface area contributed by atoms with Gasteiger partial charge in [-0.2, -0.15) is 0 Å². The molecule has 4 rings (SSSR count). The van der Waals surface area contributed by atoms with Gasteiger partial charge in [-0.15, -0.1) is 0 Å². The molecule has 1 aromatic carbocycles. The summed E-state index contributed by atoms with van der Waals surface area (Å²) in [6.45, 7) is 1.63. The number of carbonyl (C=O) groups excluding carboxylic acids is 1. The van der Waals surface area contributed by atoms with Crippen molar-refractivity contribution >= 4 is 32.5 Å². The molecule has 0 saturated heterocycles. The zero-order chi connectivity index (χ0) is 21.5. The van der Waals surface area contributed by atoms with E-state index in [0.717, 1.165) is 29.4 Å². The lowest BCUT2D eigenvalue weighted by molar-refractivity contribution is -0.121. The molecule has 2 aromatic heterocycles. The Morgan fingerprint density at radius 3 is 2.83 bits per heavy atom. The van der Waals surface area contributed by atoms with Gasteiger partial charge in [0.1, 0.15) is 12.2 Å². The largest absolute Gasteiger partial charge is 0.393 e. The molecule has 0 radical (unpaired) electrons. The van der Waals surface area contributed by atoms with Crippen LogP contribution in [-0.2, 0) is 27.7 Å². The van der Waals surface area contributed by atoms with Gasteiger partial charge in [0, 0.05) is 12.2 Å². The lowest BCUT2D eigenvalue weighted by Gasteiger charge is -2.14. The molecule has 1 amide bonds. The first-order chi connectivity index (χ1) is 14.2. The zero-order valence-electron chi connectivity index (χ0n) is 16.5. The number of H-pyrrole nitrogens is 1. The number of nitrogen functional groups attached to an aromatic ring is 1. The van der Waals surface area contributed by atoms with E-state index in [1.54, 1.807) is 13.3 Å². The standard InChI is InChI=1S/C20H23N5O4S/c1-12-6-17(30(28,29)10-13-2-3-13)19(21)20(27)25(12)9-18(26)22-8-14-4-5-15-16(7-14)24-11-23-15/h4-7,11,13H,2-3,8-10,21H2,1H3,(H,22,26)(H,23,24). The Hall–Kier alpha value is -3.14. The number of sulfone groups is 1. The second-order valence-corrected chi connectivity index (χ2v) is 9.71. The summed E-state index contributed by atoms with van der Waals surface area (Å²) >= 11 is 0. The fraction of sp³-hybridized carbons (Fsp3) is 0.350. The third-order valence-corrected chi connectivity index (χ3v) is 7.19. The number of anilines is 1. The van der Waals surface area contributed by atoms with Gasteiger partial charge in [0.15, 0.2) is 9.84 Å². The molecule has 0 bridgehead atoms. The number of rotatable bonds is 7. The molecule has 10 heteroatoms. The van der Waals surface area contributed by atoms with Gasteiger partial charge in [0.2, 0.25) is 5.91 Å². The number of nitrogens with one attached hydrogen (secondary N) is 2. The molecule has 0 aliphatic heterocycles. The molecule has 1 aliphatic carbocycles. The molecule has 3 aromatic rings. The van der Waals surface area contributed by atoms with Crippen LogP contribution in [0, 0.1) is 12.8 Å². The Morgan fingerprint density at radius 1 is 1.33 bits per heavy atom. The Bertz CT molecular complexity index is 1290. The molecule has 9 nitrogen and oxygen atoms in total. The summed E-state index contributed by atoms with van der Waals surface area (Å²) in [6.07, 6.45) is 3.35. The molecule has 1 saturated carbocycles. The van der Waals surface area contributed by atoms with Gasteiger partial charge in [-0.25, -0.2) is 13.4 Å². The molecule has 0 unspecified atom stereocenters. The molecule has 1 aliphatic rings. The summed E-state index contributed by atoms with van der Waals surface area (Å²) in [5.74, 6) is -0.233. The van der Waals surface area contributed by atoms with E-state index in [2.05, 4.69) is 15.3 Å². The zero-order valence-corrected chi connectivity index (χ0v) is 17.3. The van der Waals surface area contributed by atoms with Crippen molar-refractivity contribution in [2.75, 3.05) is 11.5 Å². The Balaban J connectivity index is 1.48. The van der Waals surface area contributed by atoms with Gasteiger partial charge in [-0.05, 0) is 49.4 Å². The van der Waals surface area contributed by atoms with Gasteiger partial charge < -0.3 is 20.6 Å². The number of amides is 1. The van der Waals surface area contributed by atoms with Crippen molar-refractivity contribution in [3.8, 4) is 0 Å². The molecule has 30 heavy (non-hydrogen) atoms. The van der Waals surface area contributed by atoms with Crippen molar-refractivity contribution in [2.45, 2.75) is 37.8 Å². The van der Waals surface area contributed by atoms with E-state index in [4.69, 9.17) is 5.73 Å². The molecule has 4 N–H and O–H groups in total. The van der Waals surface area contributed by atoms with Crippen LogP contribution in [0.4, 0.5) is 5.69 Å². The Labute approximate surface area is 173 Å². The van der Waals surface area contributed by atoms with E-state index in [-0.39, 0.29) is 41.3 Å². The normalized spacial score (nSPS) is 14.2. The Morgan fingerprint density at radius 2 is 2.10 bits per heavy atom. The second-order valence-electron chi connectivity index (χ2n) is 7.71. The summed E-state index contributed by atoms with van der Waals surface area (Å²) < 4.78 is 26.3. The van der Waals surface area contributed by atoms with Gasteiger partial charge in [-0.3, -0.25) is 9.59 Å². The highest BCUT2D eigenvalue weighted by Gasteiger charge is 2.31. The van der Waals surface area contributed by atoms with E-state index >= 15 is 0 Å². The van der Waals surface area contributed by atoms with Crippen molar-refractivity contribution in [1.29, 1.82) is 0 Å². The molecule has 0 spiro atoms. The van der Waals surface area contributed by atoms with Crippen molar-refractivity contribution in [2.24, 2.45) is 5.92 Å². The number of fused-ring (bicyclic) bond motifs is 1. The molecule has 0 atom stereocenters. The number of hydrogen-bond donors (Lipinski definition) is 3. The highest BCUT2D eigenvalue weighted by Crippen LogP contribution is 2.33. The van der Waals surface area contributed by atoms with Gasteiger partial charge in [0.25, 0.3) is 5.56 Å². The minimum Gasteiger partial charge on any atom is -0.393 e. The fourth-order valence-electron chi connectivity index (χ4n) is 3.39. The van der Waals surface area contributed by atoms with Crippen LogP contribution in [0.5, 0.6) is 0 Å². The number of nitrogens with two attached hydrogens (primary N) is 1. The average Bonchev–Trinajstić information content (AvgIpc) is 3.37. The molecular formula is C20H23N5O4S. The number of benzene rings is 1. The van der Waals surface area contributed by atoms with E-state index in [9.17, 15) is 18.0 Å². The number of hydrogen-bond acceptors (Lipinski definition) is 6. The first-order valence-electron chi connectivity index (χ1n) is 9.66. The van der Waals surface area contributed by atoms with Crippen molar-refractivity contribution < 1.29 is 13.2 Å². The summed E-state index contributed by atoms with van der Waals surface area (Å²) in [4.78, 5) is 32.1. The number of imidazole rings is 1. The summed E-state index contributed by atoms with van der Waals surface area (Å²) in [5.41, 5.74) is 7.81. The molecule has 2 heterocycles. The van der Waals surface area contributed by atoms with Crippen LogP contribution in [0.1, 0.15) is 24.1 Å². The van der Waals surface area contributed by atoms with Gasteiger partial charge >= 0.3 is 0 Å². The smallest absolute Gasteiger partial charge is 0.275 e. The first kappa shape index (κ1) is 20.1. The number of aromatic amines is 1. The highest BCUT2D eigenvalue weighted by molar-refractivity contribution is 7.91. The van der Waals surface area contributed by atoms with Crippen LogP contribution in [0.15, 0.2) is 40.3 Å². The first-order valence-corrected chi connectivity index (χ1v) is 11.3. The monoisotopic (exact) mass is 429 g/mol. The maximum absolute atomic E-state index is 12.7. The lowest BCUT2D eigenvalue weighted by Crippen LogP contribution is -2.35. The van der Waals surface area contributed by atoms with E-state index in [1.165, 1.54) is 10.6 Å². The predicted octanol–water partition coefficient (Wildman–Crippen LogP) is 1.12. The van der Waals surface area contributed by atoms with Crippen LogP contribution in [0.25, 0.3) is 11.0 Å². The summed E-state index contributed by atoms with van der Waals surface area (Å²) in [6, 6.07) is 6.98. The number of nitrogens with zero attached hydrogens (tertiary/aromatic N) is 2. The third kappa shape index (κ3) is 4.09. The second kappa shape index (κ2) is 7.60. The highest BCUT2D eigenvalue weighted by atomic mass is 32.2. The average molecular weight is 430 g/mol. The number of aromatic nitrogens is 3.